The highest BCUT2D eigenvalue weighted by Crippen LogP contribution is 2.17. The molecule has 0 spiro atoms. The number of esters is 1. The average Bonchev–Trinajstić information content (AvgIpc) is 2.51. The largest absolute Gasteiger partial charge is 0.489 e. The highest BCUT2D eigenvalue weighted by molar-refractivity contribution is 7.80. The number of carbonyl (C=O) groups excluding carboxylic acids is 2. The van der Waals surface area contributed by atoms with Gasteiger partial charge in [-0.05, 0) is 31.3 Å². The first-order valence-electron chi connectivity index (χ1n) is 6.85. The zero-order valence-corrected chi connectivity index (χ0v) is 13.5. The van der Waals surface area contributed by atoms with Crippen molar-refractivity contribution >= 4 is 34.9 Å². The Labute approximate surface area is 140 Å². The van der Waals surface area contributed by atoms with Gasteiger partial charge in [0.1, 0.15) is 12.4 Å². The summed E-state index contributed by atoms with van der Waals surface area (Å²) in [5.41, 5.74) is 0.659. The predicted molar refractivity (Wildman–Crippen MR) is 92.3 cm³/mol. The summed E-state index contributed by atoms with van der Waals surface area (Å²) in [4.78, 5) is 22.7. The first-order valence-corrected chi connectivity index (χ1v) is 7.26. The van der Waals surface area contributed by atoms with E-state index < -0.39 is 11.9 Å². The van der Waals surface area contributed by atoms with Crippen LogP contribution in [0.15, 0.2) is 49.1 Å². The molecule has 2 N–H and O–H groups in total. The number of hydrogen-bond donors (Lipinski definition) is 2. The molecule has 0 heterocycles. The van der Waals surface area contributed by atoms with Gasteiger partial charge in [0, 0.05) is 23.9 Å². The number of carbonyl (C=O) groups is 2. The van der Waals surface area contributed by atoms with Gasteiger partial charge in [-0.15, -0.1) is 0 Å². The summed E-state index contributed by atoms with van der Waals surface area (Å²) in [6.07, 6.45) is 3.72. The molecule has 7 heteroatoms. The Morgan fingerprint density at radius 2 is 2.13 bits per heavy atom. The second-order valence-corrected chi connectivity index (χ2v) is 4.56. The van der Waals surface area contributed by atoms with Gasteiger partial charge in [0.15, 0.2) is 5.11 Å². The lowest BCUT2D eigenvalue weighted by Gasteiger charge is -2.10. The molecule has 0 aliphatic heterocycles. The molecule has 0 aliphatic carbocycles. The van der Waals surface area contributed by atoms with Crippen LogP contribution in [0, 0.1) is 0 Å². The maximum atomic E-state index is 11.6. The molecule has 0 saturated heterocycles. The van der Waals surface area contributed by atoms with E-state index in [1.807, 2.05) is 0 Å². The third-order valence-corrected chi connectivity index (χ3v) is 2.56. The minimum absolute atomic E-state index is 0.101. The molecule has 0 aliphatic rings. The van der Waals surface area contributed by atoms with E-state index in [-0.39, 0.29) is 11.7 Å². The Morgan fingerprint density at radius 3 is 2.83 bits per heavy atom. The van der Waals surface area contributed by atoms with Gasteiger partial charge >= 0.3 is 5.97 Å². The Balaban J connectivity index is 2.51. The number of rotatable bonds is 7. The van der Waals surface area contributed by atoms with Crippen LogP contribution in [0.3, 0.4) is 0 Å². The van der Waals surface area contributed by atoms with Gasteiger partial charge in [-0.2, -0.15) is 0 Å². The molecule has 122 valence electrons. The van der Waals surface area contributed by atoms with Crippen LogP contribution < -0.4 is 15.4 Å². The maximum absolute atomic E-state index is 11.6. The fraction of sp³-hybridized carbons (Fsp3) is 0.188. The number of thiocarbonyl (C=S) groups is 1. The topological polar surface area (TPSA) is 76.7 Å². The number of nitrogens with one attached hydrogen (secondary N) is 2. The van der Waals surface area contributed by atoms with Gasteiger partial charge in [-0.1, -0.05) is 18.7 Å². The third-order valence-electron chi connectivity index (χ3n) is 2.35. The van der Waals surface area contributed by atoms with E-state index in [4.69, 9.17) is 17.0 Å². The summed E-state index contributed by atoms with van der Waals surface area (Å²) in [5, 5.41) is 5.37. The van der Waals surface area contributed by atoms with Crippen molar-refractivity contribution in [3.05, 3.63) is 49.1 Å². The highest BCUT2D eigenvalue weighted by atomic mass is 32.1. The molecular formula is C16H18N2O4S. The third kappa shape index (κ3) is 7.77. The zero-order chi connectivity index (χ0) is 17.1. The highest BCUT2D eigenvalue weighted by Gasteiger charge is 2.04. The number of hydrogen-bond acceptors (Lipinski definition) is 5. The van der Waals surface area contributed by atoms with E-state index in [0.717, 1.165) is 12.2 Å². The monoisotopic (exact) mass is 334 g/mol. The molecule has 6 nitrogen and oxygen atoms in total. The summed E-state index contributed by atoms with van der Waals surface area (Å²) in [7, 11) is 0. The zero-order valence-electron chi connectivity index (χ0n) is 12.7. The lowest BCUT2D eigenvalue weighted by Crippen LogP contribution is -2.33. The second-order valence-electron chi connectivity index (χ2n) is 4.16. The summed E-state index contributed by atoms with van der Waals surface area (Å²) < 4.78 is 10.1. The van der Waals surface area contributed by atoms with Gasteiger partial charge in [0.25, 0.3) is 0 Å². The summed E-state index contributed by atoms with van der Waals surface area (Å²) in [6.45, 7) is 5.89. The normalized spacial score (nSPS) is 9.96. The van der Waals surface area contributed by atoms with Crippen molar-refractivity contribution in [1.82, 2.24) is 5.32 Å². The van der Waals surface area contributed by atoms with E-state index in [2.05, 4.69) is 21.9 Å². The summed E-state index contributed by atoms with van der Waals surface area (Å²) >= 11 is 5.02. The molecule has 0 unspecified atom stereocenters. The number of anilines is 1. The molecular weight excluding hydrogens is 316 g/mol. The van der Waals surface area contributed by atoms with Crippen LogP contribution in [0.2, 0.25) is 0 Å². The Bertz CT molecular complexity index is 614. The number of ether oxygens (including phenoxy) is 2. The minimum atomic E-state index is -0.589. The molecule has 1 aromatic carbocycles. The first kappa shape index (κ1) is 18.4. The van der Waals surface area contributed by atoms with Crippen LogP contribution in [0.25, 0.3) is 0 Å². The van der Waals surface area contributed by atoms with E-state index in [1.165, 1.54) is 0 Å². The molecule has 0 aromatic heterocycles. The van der Waals surface area contributed by atoms with Gasteiger partial charge in [0.2, 0.25) is 5.91 Å². The van der Waals surface area contributed by atoms with Crippen molar-refractivity contribution in [3.63, 3.8) is 0 Å². The smallest absolute Gasteiger partial charge is 0.330 e. The fourth-order valence-electron chi connectivity index (χ4n) is 1.47. The maximum Gasteiger partial charge on any atom is 0.330 e. The predicted octanol–water partition coefficient (Wildman–Crippen LogP) is 2.18. The molecule has 0 fully saturated rings. The van der Waals surface area contributed by atoms with Crippen LogP contribution in [-0.2, 0) is 14.3 Å². The van der Waals surface area contributed by atoms with Crippen molar-refractivity contribution in [2.75, 3.05) is 18.5 Å². The minimum Gasteiger partial charge on any atom is -0.489 e. The second kappa shape index (κ2) is 10.1. The lowest BCUT2D eigenvalue weighted by molar-refractivity contribution is -0.137. The Kier molecular flexibility index (Phi) is 8.09. The van der Waals surface area contributed by atoms with Crippen LogP contribution in [0.5, 0.6) is 5.75 Å². The molecule has 0 atom stereocenters. The van der Waals surface area contributed by atoms with Gasteiger partial charge in [0.05, 0.1) is 6.61 Å². The van der Waals surface area contributed by atoms with E-state index in [0.29, 0.717) is 18.0 Å². The lowest BCUT2D eigenvalue weighted by atomic mass is 10.3. The van der Waals surface area contributed by atoms with Crippen molar-refractivity contribution in [2.45, 2.75) is 6.92 Å². The SMILES string of the molecule is C=CCOc1cccc(NC(=S)NC(=O)/C=C/C(=O)OCC)c1. The van der Waals surface area contributed by atoms with Gasteiger partial charge < -0.3 is 14.8 Å². The van der Waals surface area contributed by atoms with Crippen molar-refractivity contribution < 1.29 is 19.1 Å². The van der Waals surface area contributed by atoms with Crippen LogP contribution in [0.1, 0.15) is 6.92 Å². The molecule has 1 rings (SSSR count). The molecule has 0 saturated carbocycles. The summed E-state index contributed by atoms with van der Waals surface area (Å²) in [5.74, 6) is -0.477. The molecule has 1 aromatic rings. The van der Waals surface area contributed by atoms with Crippen molar-refractivity contribution in [1.29, 1.82) is 0 Å². The van der Waals surface area contributed by atoms with Crippen LogP contribution in [-0.4, -0.2) is 30.2 Å². The number of amides is 1. The van der Waals surface area contributed by atoms with Gasteiger partial charge in [-0.25, -0.2) is 4.79 Å². The van der Waals surface area contributed by atoms with Crippen LogP contribution >= 0.6 is 12.2 Å². The van der Waals surface area contributed by atoms with Crippen molar-refractivity contribution in [3.8, 4) is 5.75 Å². The molecule has 1 amide bonds. The van der Waals surface area contributed by atoms with Gasteiger partial charge in [-0.3, -0.25) is 10.1 Å². The molecule has 23 heavy (non-hydrogen) atoms. The molecule has 0 radical (unpaired) electrons. The average molecular weight is 334 g/mol. The quantitative estimate of drug-likeness (QED) is 0.344. The Morgan fingerprint density at radius 1 is 1.35 bits per heavy atom. The molecule has 0 bridgehead atoms. The van der Waals surface area contributed by atoms with E-state index >= 15 is 0 Å². The fourth-order valence-corrected chi connectivity index (χ4v) is 1.69. The van der Waals surface area contributed by atoms with E-state index in [1.54, 1.807) is 37.3 Å². The standard InChI is InChI=1S/C16H18N2O4S/c1-3-10-22-13-7-5-6-12(11-13)17-16(23)18-14(19)8-9-15(20)21-4-2/h3,5-9,11H,1,4,10H2,2H3,(H2,17,18,19,23)/b9-8+. The number of benzene rings is 1. The van der Waals surface area contributed by atoms with Crippen LogP contribution in [0.4, 0.5) is 5.69 Å². The first-order chi connectivity index (χ1) is 11.0. The Hall–Kier alpha value is -2.67. The van der Waals surface area contributed by atoms with E-state index in [9.17, 15) is 9.59 Å². The summed E-state index contributed by atoms with van der Waals surface area (Å²) in [6, 6.07) is 7.08. The van der Waals surface area contributed by atoms with Crippen molar-refractivity contribution in [2.24, 2.45) is 0 Å².